The largest absolute Gasteiger partial charge is 0.497 e. The summed E-state index contributed by atoms with van der Waals surface area (Å²) in [6, 6.07) is 14.3. The van der Waals surface area contributed by atoms with E-state index in [1.165, 1.54) is 6.42 Å². The van der Waals surface area contributed by atoms with Crippen LogP contribution in [-0.4, -0.2) is 36.1 Å². The Morgan fingerprint density at radius 3 is 2.36 bits per heavy atom. The van der Waals surface area contributed by atoms with Gasteiger partial charge in [-0.3, -0.25) is 0 Å². The van der Waals surface area contributed by atoms with Crippen LogP contribution in [0.1, 0.15) is 35.2 Å². The summed E-state index contributed by atoms with van der Waals surface area (Å²) in [6.07, 6.45) is 3.54. The number of piperidine rings is 1. The SMILES string of the molecule is COc1ccc(C(=O)Oc2ccccc2C(=S)N2CCCCC2)cc1. The van der Waals surface area contributed by atoms with E-state index in [2.05, 4.69) is 4.90 Å². The highest BCUT2D eigenvalue weighted by molar-refractivity contribution is 7.80. The van der Waals surface area contributed by atoms with Gasteiger partial charge < -0.3 is 14.4 Å². The van der Waals surface area contributed by atoms with E-state index in [9.17, 15) is 4.79 Å². The van der Waals surface area contributed by atoms with Crippen LogP contribution < -0.4 is 9.47 Å². The van der Waals surface area contributed by atoms with Crippen molar-refractivity contribution in [1.29, 1.82) is 0 Å². The molecule has 0 spiro atoms. The second kappa shape index (κ2) is 8.12. The number of thiocarbonyl (C=S) groups is 1. The molecule has 5 heteroatoms. The Hall–Kier alpha value is -2.40. The van der Waals surface area contributed by atoms with Gasteiger partial charge in [0.25, 0.3) is 0 Å². The van der Waals surface area contributed by atoms with Gasteiger partial charge in [-0.15, -0.1) is 0 Å². The number of nitrogens with zero attached hydrogens (tertiary/aromatic N) is 1. The molecule has 1 aliphatic rings. The summed E-state index contributed by atoms with van der Waals surface area (Å²) >= 11 is 5.65. The minimum atomic E-state index is -0.406. The number of hydrogen-bond donors (Lipinski definition) is 0. The summed E-state index contributed by atoms with van der Waals surface area (Å²) in [5.41, 5.74) is 1.26. The monoisotopic (exact) mass is 355 g/mol. The van der Waals surface area contributed by atoms with Crippen molar-refractivity contribution in [1.82, 2.24) is 4.90 Å². The topological polar surface area (TPSA) is 38.8 Å². The number of hydrogen-bond acceptors (Lipinski definition) is 4. The van der Waals surface area contributed by atoms with Crippen molar-refractivity contribution in [2.24, 2.45) is 0 Å². The minimum Gasteiger partial charge on any atom is -0.497 e. The van der Waals surface area contributed by atoms with E-state index in [0.717, 1.165) is 36.5 Å². The van der Waals surface area contributed by atoms with Gasteiger partial charge in [0, 0.05) is 13.1 Å². The third-order valence-electron chi connectivity index (χ3n) is 4.29. The molecule has 0 saturated carbocycles. The lowest BCUT2D eigenvalue weighted by Crippen LogP contribution is -2.35. The maximum Gasteiger partial charge on any atom is 0.343 e. The number of benzene rings is 2. The van der Waals surface area contributed by atoms with Crippen molar-refractivity contribution in [3.63, 3.8) is 0 Å². The van der Waals surface area contributed by atoms with E-state index in [0.29, 0.717) is 17.1 Å². The smallest absolute Gasteiger partial charge is 0.343 e. The highest BCUT2D eigenvalue weighted by Gasteiger charge is 2.19. The summed E-state index contributed by atoms with van der Waals surface area (Å²) in [7, 11) is 1.59. The quantitative estimate of drug-likeness (QED) is 0.469. The maximum atomic E-state index is 12.4. The number of carbonyl (C=O) groups is 1. The highest BCUT2D eigenvalue weighted by Crippen LogP contribution is 2.24. The van der Waals surface area contributed by atoms with Gasteiger partial charge in [0.05, 0.1) is 18.2 Å². The first kappa shape index (κ1) is 17.4. The Labute approximate surface area is 153 Å². The number of methoxy groups -OCH3 is 1. The molecule has 0 bridgehead atoms. The fourth-order valence-electron chi connectivity index (χ4n) is 2.89. The molecule has 3 rings (SSSR count). The molecule has 1 aliphatic heterocycles. The van der Waals surface area contributed by atoms with Crippen molar-refractivity contribution in [2.75, 3.05) is 20.2 Å². The Balaban J connectivity index is 1.77. The number of ether oxygens (including phenoxy) is 2. The van der Waals surface area contributed by atoms with Crippen molar-refractivity contribution in [2.45, 2.75) is 19.3 Å². The van der Waals surface area contributed by atoms with Crippen LogP contribution in [0.15, 0.2) is 48.5 Å². The normalized spacial score (nSPS) is 14.0. The molecule has 0 atom stereocenters. The summed E-state index contributed by atoms with van der Waals surface area (Å²) < 4.78 is 10.7. The molecule has 1 fully saturated rings. The van der Waals surface area contributed by atoms with E-state index in [1.807, 2.05) is 18.2 Å². The van der Waals surface area contributed by atoms with Gasteiger partial charge in [0.2, 0.25) is 0 Å². The lowest BCUT2D eigenvalue weighted by atomic mass is 10.1. The molecule has 0 unspecified atom stereocenters. The van der Waals surface area contributed by atoms with Gasteiger partial charge in [-0.05, 0) is 55.7 Å². The third-order valence-corrected chi connectivity index (χ3v) is 4.77. The van der Waals surface area contributed by atoms with E-state index >= 15 is 0 Å². The molecule has 25 heavy (non-hydrogen) atoms. The average Bonchev–Trinajstić information content (AvgIpc) is 2.68. The number of carbonyl (C=O) groups excluding carboxylic acids is 1. The molecule has 2 aromatic carbocycles. The lowest BCUT2D eigenvalue weighted by Gasteiger charge is -2.29. The van der Waals surface area contributed by atoms with Gasteiger partial charge in [-0.25, -0.2) is 4.79 Å². The number of para-hydroxylation sites is 1. The van der Waals surface area contributed by atoms with Crippen LogP contribution in [0.3, 0.4) is 0 Å². The van der Waals surface area contributed by atoms with Crippen molar-refractivity contribution >= 4 is 23.2 Å². The van der Waals surface area contributed by atoms with E-state index < -0.39 is 5.97 Å². The fourth-order valence-corrected chi connectivity index (χ4v) is 3.24. The van der Waals surface area contributed by atoms with Crippen molar-refractivity contribution < 1.29 is 14.3 Å². The first-order valence-corrected chi connectivity index (χ1v) is 8.84. The zero-order chi connectivity index (χ0) is 17.6. The average molecular weight is 355 g/mol. The Bertz CT molecular complexity index is 752. The molecule has 0 amide bonds. The van der Waals surface area contributed by atoms with Gasteiger partial charge >= 0.3 is 5.97 Å². The van der Waals surface area contributed by atoms with Crippen molar-refractivity contribution in [3.8, 4) is 11.5 Å². The highest BCUT2D eigenvalue weighted by atomic mass is 32.1. The van der Waals surface area contributed by atoms with Crippen LogP contribution in [0.4, 0.5) is 0 Å². The summed E-state index contributed by atoms with van der Waals surface area (Å²) in [5, 5.41) is 0. The minimum absolute atomic E-state index is 0.406. The van der Waals surface area contributed by atoms with Crippen molar-refractivity contribution in [3.05, 3.63) is 59.7 Å². The van der Waals surface area contributed by atoms with Gasteiger partial charge in [-0.2, -0.15) is 0 Å². The third kappa shape index (κ3) is 4.17. The van der Waals surface area contributed by atoms with Gasteiger partial charge in [0.1, 0.15) is 16.5 Å². The second-order valence-electron chi connectivity index (χ2n) is 5.97. The van der Waals surface area contributed by atoms with Gasteiger partial charge in [-0.1, -0.05) is 24.4 Å². The molecule has 1 heterocycles. The molecular weight excluding hydrogens is 334 g/mol. The van der Waals surface area contributed by atoms with Crippen LogP contribution in [0.5, 0.6) is 11.5 Å². The van der Waals surface area contributed by atoms with Crippen LogP contribution in [0, 0.1) is 0 Å². The molecule has 4 nitrogen and oxygen atoms in total. The van der Waals surface area contributed by atoms with Crippen LogP contribution in [-0.2, 0) is 0 Å². The van der Waals surface area contributed by atoms with Crippen LogP contribution in [0.2, 0.25) is 0 Å². The Morgan fingerprint density at radius 2 is 1.68 bits per heavy atom. The lowest BCUT2D eigenvalue weighted by molar-refractivity contribution is 0.0734. The second-order valence-corrected chi connectivity index (χ2v) is 6.35. The predicted molar refractivity (Wildman–Crippen MR) is 102 cm³/mol. The number of esters is 1. The predicted octanol–water partition coefficient (Wildman–Crippen LogP) is 4.08. The summed E-state index contributed by atoms with van der Waals surface area (Å²) in [4.78, 5) is 15.4. The first-order chi connectivity index (χ1) is 12.2. The van der Waals surface area contributed by atoms with Gasteiger partial charge in [0.15, 0.2) is 0 Å². The van der Waals surface area contributed by atoms with Crippen LogP contribution >= 0.6 is 12.2 Å². The molecule has 0 aliphatic carbocycles. The Kier molecular flexibility index (Phi) is 5.66. The molecule has 0 N–H and O–H groups in total. The molecule has 130 valence electrons. The molecular formula is C20H21NO3S. The molecule has 0 radical (unpaired) electrons. The van der Waals surface area contributed by atoms with E-state index in [1.54, 1.807) is 37.4 Å². The molecule has 2 aromatic rings. The maximum absolute atomic E-state index is 12.4. The molecule has 1 saturated heterocycles. The number of likely N-dealkylation sites (tertiary alicyclic amines) is 1. The summed E-state index contributed by atoms with van der Waals surface area (Å²) in [5.74, 6) is 0.790. The zero-order valence-electron chi connectivity index (χ0n) is 14.2. The molecule has 0 aromatic heterocycles. The van der Waals surface area contributed by atoms with E-state index in [-0.39, 0.29) is 0 Å². The fraction of sp³-hybridized carbons (Fsp3) is 0.300. The number of rotatable bonds is 4. The standard InChI is InChI=1S/C20H21NO3S/c1-23-16-11-9-15(10-12-16)20(22)24-18-8-4-3-7-17(18)19(25)21-13-5-2-6-14-21/h3-4,7-12H,2,5-6,13-14H2,1H3. The summed E-state index contributed by atoms with van der Waals surface area (Å²) in [6.45, 7) is 1.92. The zero-order valence-corrected chi connectivity index (χ0v) is 15.1. The Morgan fingerprint density at radius 1 is 1.00 bits per heavy atom. The van der Waals surface area contributed by atoms with Crippen LogP contribution in [0.25, 0.3) is 0 Å². The van der Waals surface area contributed by atoms with E-state index in [4.69, 9.17) is 21.7 Å². The first-order valence-electron chi connectivity index (χ1n) is 8.43.